The first-order valence-electron chi connectivity index (χ1n) is 6.03. The lowest BCUT2D eigenvalue weighted by Crippen LogP contribution is -2.07. The number of aliphatic hydroxyl groups is 1. The van der Waals surface area contributed by atoms with Crippen molar-refractivity contribution in [1.29, 1.82) is 0 Å². The highest BCUT2D eigenvalue weighted by Gasteiger charge is 2.05. The molecule has 0 aromatic rings. The molecule has 1 unspecified atom stereocenters. The molecule has 0 aliphatic rings. The third-order valence-electron chi connectivity index (χ3n) is 2.70. The van der Waals surface area contributed by atoms with E-state index in [1.807, 2.05) is 0 Å². The zero-order valence-corrected chi connectivity index (χ0v) is 9.80. The highest BCUT2D eigenvalue weighted by Crippen LogP contribution is 2.17. The molecular formula is C12H26O2. The summed E-state index contributed by atoms with van der Waals surface area (Å²) in [6, 6.07) is 0. The molecule has 2 heteroatoms. The maximum atomic E-state index is 8.54. The molecule has 0 rings (SSSR count). The van der Waals surface area contributed by atoms with Crippen LogP contribution >= 0.6 is 0 Å². The Bertz CT molecular complexity index is 104. The molecular weight excluding hydrogens is 176 g/mol. The van der Waals surface area contributed by atoms with E-state index in [2.05, 4.69) is 13.8 Å². The first kappa shape index (κ1) is 13.9. The minimum Gasteiger partial charge on any atom is -0.394 e. The number of hydrogen-bond acceptors (Lipinski definition) is 2. The number of unbranched alkanes of at least 4 members (excludes halogenated alkanes) is 2. The molecule has 0 saturated carbocycles. The first-order valence-corrected chi connectivity index (χ1v) is 6.03. The van der Waals surface area contributed by atoms with E-state index in [4.69, 9.17) is 9.84 Å². The Morgan fingerprint density at radius 2 is 1.86 bits per heavy atom. The predicted molar refractivity (Wildman–Crippen MR) is 60.4 cm³/mol. The summed E-state index contributed by atoms with van der Waals surface area (Å²) >= 11 is 0. The fraction of sp³-hybridized carbons (Fsp3) is 1.00. The molecule has 1 atom stereocenters. The van der Waals surface area contributed by atoms with E-state index in [1.54, 1.807) is 0 Å². The zero-order valence-electron chi connectivity index (χ0n) is 9.80. The highest BCUT2D eigenvalue weighted by molar-refractivity contribution is 4.57. The molecule has 86 valence electrons. The van der Waals surface area contributed by atoms with Crippen molar-refractivity contribution in [1.82, 2.24) is 0 Å². The summed E-state index contributed by atoms with van der Waals surface area (Å²) in [5.74, 6) is 0.820. The zero-order chi connectivity index (χ0) is 10.6. The Morgan fingerprint density at radius 3 is 2.43 bits per heavy atom. The summed E-state index contributed by atoms with van der Waals surface area (Å²) in [7, 11) is 0. The van der Waals surface area contributed by atoms with E-state index in [1.165, 1.54) is 32.1 Å². The van der Waals surface area contributed by atoms with E-state index in [-0.39, 0.29) is 6.61 Å². The molecule has 0 bridgehead atoms. The number of aliphatic hydroxyl groups excluding tert-OH is 1. The second kappa shape index (κ2) is 11.0. The minimum absolute atomic E-state index is 0.145. The number of hydrogen-bond donors (Lipinski definition) is 1. The molecule has 0 radical (unpaired) electrons. The molecule has 1 N–H and O–H groups in total. The van der Waals surface area contributed by atoms with Crippen LogP contribution in [-0.2, 0) is 4.74 Å². The van der Waals surface area contributed by atoms with Crippen molar-refractivity contribution in [2.75, 3.05) is 19.8 Å². The average molecular weight is 202 g/mol. The van der Waals surface area contributed by atoms with Crippen molar-refractivity contribution < 1.29 is 9.84 Å². The van der Waals surface area contributed by atoms with Crippen molar-refractivity contribution in [3.8, 4) is 0 Å². The Labute approximate surface area is 88.7 Å². The first-order chi connectivity index (χ1) is 6.85. The largest absolute Gasteiger partial charge is 0.394 e. The molecule has 0 aliphatic heterocycles. The summed E-state index contributed by atoms with van der Waals surface area (Å²) in [5.41, 5.74) is 0. The fourth-order valence-electron chi connectivity index (χ4n) is 1.65. The van der Waals surface area contributed by atoms with E-state index in [0.29, 0.717) is 6.61 Å². The molecule has 0 fully saturated rings. The van der Waals surface area contributed by atoms with Gasteiger partial charge in [-0.25, -0.2) is 0 Å². The van der Waals surface area contributed by atoms with Gasteiger partial charge in [-0.1, -0.05) is 46.0 Å². The van der Waals surface area contributed by atoms with Gasteiger partial charge in [0.15, 0.2) is 0 Å². The minimum atomic E-state index is 0.145. The van der Waals surface area contributed by atoms with Crippen LogP contribution < -0.4 is 0 Å². The van der Waals surface area contributed by atoms with Gasteiger partial charge in [0.05, 0.1) is 13.2 Å². The Balaban J connectivity index is 3.28. The van der Waals surface area contributed by atoms with Gasteiger partial charge >= 0.3 is 0 Å². The van der Waals surface area contributed by atoms with E-state index in [0.717, 1.165) is 18.9 Å². The van der Waals surface area contributed by atoms with Gasteiger partial charge in [-0.2, -0.15) is 0 Å². The summed E-state index contributed by atoms with van der Waals surface area (Å²) in [4.78, 5) is 0. The lowest BCUT2D eigenvalue weighted by atomic mass is 9.96. The lowest BCUT2D eigenvalue weighted by Gasteiger charge is -2.14. The Kier molecular flexibility index (Phi) is 10.9. The standard InChI is InChI=1S/C12H26O2/c1-3-5-6-7-12(4-2)8-10-14-11-9-13/h12-13H,3-11H2,1-2H3. The van der Waals surface area contributed by atoms with Crippen LogP contribution in [0.15, 0.2) is 0 Å². The van der Waals surface area contributed by atoms with Crippen LogP contribution in [0.25, 0.3) is 0 Å². The molecule has 0 saturated heterocycles. The van der Waals surface area contributed by atoms with Crippen molar-refractivity contribution >= 4 is 0 Å². The van der Waals surface area contributed by atoms with E-state index in [9.17, 15) is 0 Å². The number of rotatable bonds is 10. The summed E-state index contributed by atoms with van der Waals surface area (Å²) in [6.45, 7) is 5.94. The van der Waals surface area contributed by atoms with Crippen molar-refractivity contribution in [2.24, 2.45) is 5.92 Å². The second-order valence-electron chi connectivity index (χ2n) is 3.89. The molecule has 0 aromatic heterocycles. The maximum absolute atomic E-state index is 8.54. The molecule has 0 spiro atoms. The summed E-state index contributed by atoms with van der Waals surface area (Å²) in [6.07, 6.45) is 7.76. The van der Waals surface area contributed by atoms with Crippen molar-refractivity contribution in [3.63, 3.8) is 0 Å². The van der Waals surface area contributed by atoms with Gasteiger partial charge in [0.1, 0.15) is 0 Å². The van der Waals surface area contributed by atoms with Crippen LogP contribution in [0.4, 0.5) is 0 Å². The van der Waals surface area contributed by atoms with Crippen LogP contribution in [0.2, 0.25) is 0 Å². The van der Waals surface area contributed by atoms with Gasteiger partial charge in [0.25, 0.3) is 0 Å². The molecule has 0 amide bonds. The monoisotopic (exact) mass is 202 g/mol. The predicted octanol–water partition coefficient (Wildman–Crippen LogP) is 2.99. The molecule has 0 aromatic carbocycles. The van der Waals surface area contributed by atoms with E-state index >= 15 is 0 Å². The number of ether oxygens (including phenoxy) is 1. The van der Waals surface area contributed by atoms with Crippen LogP contribution in [0.5, 0.6) is 0 Å². The summed E-state index contributed by atoms with van der Waals surface area (Å²) in [5, 5.41) is 8.54. The molecule has 0 heterocycles. The van der Waals surface area contributed by atoms with Crippen molar-refractivity contribution in [3.05, 3.63) is 0 Å². The fourth-order valence-corrected chi connectivity index (χ4v) is 1.65. The van der Waals surface area contributed by atoms with Gasteiger partial charge in [-0.05, 0) is 12.3 Å². The van der Waals surface area contributed by atoms with Crippen LogP contribution in [-0.4, -0.2) is 24.9 Å². The molecule has 14 heavy (non-hydrogen) atoms. The van der Waals surface area contributed by atoms with Gasteiger partial charge in [-0.15, -0.1) is 0 Å². The third kappa shape index (κ3) is 8.52. The molecule has 0 aliphatic carbocycles. The van der Waals surface area contributed by atoms with Crippen LogP contribution in [0.3, 0.4) is 0 Å². The average Bonchev–Trinajstić information content (AvgIpc) is 2.22. The second-order valence-corrected chi connectivity index (χ2v) is 3.89. The smallest absolute Gasteiger partial charge is 0.0697 e. The Hall–Kier alpha value is -0.0800. The quantitative estimate of drug-likeness (QED) is 0.552. The van der Waals surface area contributed by atoms with Crippen LogP contribution in [0.1, 0.15) is 52.4 Å². The summed E-state index contributed by atoms with van der Waals surface area (Å²) < 4.78 is 5.27. The topological polar surface area (TPSA) is 29.5 Å². The normalized spacial score (nSPS) is 13.1. The van der Waals surface area contributed by atoms with Gasteiger partial charge < -0.3 is 9.84 Å². The van der Waals surface area contributed by atoms with Gasteiger partial charge in [-0.3, -0.25) is 0 Å². The third-order valence-corrected chi connectivity index (χ3v) is 2.70. The van der Waals surface area contributed by atoms with E-state index < -0.39 is 0 Å². The highest BCUT2D eigenvalue weighted by atomic mass is 16.5. The van der Waals surface area contributed by atoms with Crippen LogP contribution in [0, 0.1) is 5.92 Å². The van der Waals surface area contributed by atoms with Gasteiger partial charge in [0, 0.05) is 6.61 Å². The lowest BCUT2D eigenvalue weighted by molar-refractivity contribution is 0.0816. The molecule has 2 nitrogen and oxygen atoms in total. The SMILES string of the molecule is CCCCCC(CC)CCOCCO. The van der Waals surface area contributed by atoms with Gasteiger partial charge in [0.2, 0.25) is 0 Å². The maximum Gasteiger partial charge on any atom is 0.0697 e. The Morgan fingerprint density at radius 1 is 1.07 bits per heavy atom. The van der Waals surface area contributed by atoms with Crippen molar-refractivity contribution in [2.45, 2.75) is 52.4 Å².